The van der Waals surface area contributed by atoms with Gasteiger partial charge in [0.1, 0.15) is 0 Å². The molecule has 3 heteroatoms. The maximum atomic E-state index is 10.9. The van der Waals surface area contributed by atoms with Crippen LogP contribution >= 0.6 is 0 Å². The minimum absolute atomic E-state index is 0.0653. The van der Waals surface area contributed by atoms with E-state index in [-0.39, 0.29) is 5.91 Å². The summed E-state index contributed by atoms with van der Waals surface area (Å²) >= 11 is 0. The molecule has 1 fully saturated rings. The molecule has 0 unspecified atom stereocenters. The second-order valence-corrected chi connectivity index (χ2v) is 3.65. The number of hydrogen-bond acceptors (Lipinski definition) is 2. The largest absolute Gasteiger partial charge is 0.273 e. The van der Waals surface area contributed by atoms with Crippen LogP contribution in [-0.2, 0) is 4.79 Å². The van der Waals surface area contributed by atoms with E-state index in [1.165, 1.54) is 32.1 Å². The quantitative estimate of drug-likeness (QED) is 0.629. The summed E-state index contributed by atoms with van der Waals surface area (Å²) in [6, 6.07) is 0. The van der Waals surface area contributed by atoms with Crippen molar-refractivity contribution in [1.29, 1.82) is 0 Å². The van der Waals surface area contributed by atoms with E-state index in [0.29, 0.717) is 12.3 Å². The van der Waals surface area contributed by atoms with Crippen LogP contribution in [0, 0.1) is 5.92 Å². The molecule has 0 radical (unpaired) electrons. The highest BCUT2D eigenvalue weighted by Gasteiger charge is 2.24. The summed E-state index contributed by atoms with van der Waals surface area (Å²) in [5.74, 6) is 0.660. The SMILES string of the molecule is O=C1CC(C2CCCCC2)=NN1. The second kappa shape index (κ2) is 3.25. The van der Waals surface area contributed by atoms with Crippen molar-refractivity contribution in [3.8, 4) is 0 Å². The molecule has 2 aliphatic rings. The lowest BCUT2D eigenvalue weighted by molar-refractivity contribution is -0.119. The van der Waals surface area contributed by atoms with Crippen LogP contribution in [0.1, 0.15) is 38.5 Å². The first-order valence-corrected chi connectivity index (χ1v) is 4.71. The van der Waals surface area contributed by atoms with E-state index in [4.69, 9.17) is 0 Å². The van der Waals surface area contributed by atoms with Crippen LogP contribution in [0.3, 0.4) is 0 Å². The minimum atomic E-state index is 0.0653. The van der Waals surface area contributed by atoms with Gasteiger partial charge < -0.3 is 0 Å². The van der Waals surface area contributed by atoms with Crippen LogP contribution < -0.4 is 5.43 Å². The van der Waals surface area contributed by atoms with Gasteiger partial charge in [0, 0.05) is 0 Å². The van der Waals surface area contributed by atoms with Gasteiger partial charge in [-0.1, -0.05) is 19.3 Å². The first-order chi connectivity index (χ1) is 5.86. The molecule has 3 nitrogen and oxygen atoms in total. The van der Waals surface area contributed by atoms with Crippen LogP contribution in [0.4, 0.5) is 0 Å². The van der Waals surface area contributed by atoms with Crippen LogP contribution in [0.2, 0.25) is 0 Å². The molecular formula is C9H14N2O. The molecule has 0 aromatic rings. The standard InChI is InChI=1S/C9H14N2O/c12-9-6-8(10-11-9)7-4-2-1-3-5-7/h7H,1-6H2,(H,11,12). The summed E-state index contributed by atoms with van der Waals surface area (Å²) in [7, 11) is 0. The van der Waals surface area contributed by atoms with Crippen molar-refractivity contribution in [1.82, 2.24) is 5.43 Å². The third-order valence-corrected chi connectivity index (χ3v) is 2.74. The van der Waals surface area contributed by atoms with E-state index in [1.54, 1.807) is 0 Å². The van der Waals surface area contributed by atoms with Gasteiger partial charge in [-0.2, -0.15) is 5.10 Å². The summed E-state index contributed by atoms with van der Waals surface area (Å²) in [6.07, 6.45) is 6.97. The Morgan fingerprint density at radius 2 is 2.00 bits per heavy atom. The highest BCUT2D eigenvalue weighted by molar-refractivity contribution is 6.05. The monoisotopic (exact) mass is 166 g/mol. The molecule has 1 heterocycles. The number of carbonyl (C=O) groups is 1. The third kappa shape index (κ3) is 1.49. The number of nitrogens with one attached hydrogen (secondary N) is 1. The van der Waals surface area contributed by atoms with Crippen molar-refractivity contribution in [2.24, 2.45) is 11.0 Å². The Hall–Kier alpha value is -0.860. The molecular weight excluding hydrogens is 152 g/mol. The van der Waals surface area contributed by atoms with Gasteiger partial charge in [0.25, 0.3) is 0 Å². The maximum absolute atomic E-state index is 10.9. The summed E-state index contributed by atoms with van der Waals surface area (Å²) in [6.45, 7) is 0. The fraction of sp³-hybridized carbons (Fsp3) is 0.778. The number of hydrazone groups is 1. The molecule has 0 aromatic carbocycles. The van der Waals surface area contributed by atoms with Gasteiger partial charge in [0.2, 0.25) is 5.91 Å². The van der Waals surface area contributed by atoms with Gasteiger partial charge in [0.05, 0.1) is 12.1 Å². The molecule has 1 saturated carbocycles. The first kappa shape index (κ1) is 7.77. The lowest BCUT2D eigenvalue weighted by atomic mass is 9.85. The van der Waals surface area contributed by atoms with E-state index < -0.39 is 0 Å². The second-order valence-electron chi connectivity index (χ2n) is 3.65. The van der Waals surface area contributed by atoms with Gasteiger partial charge in [-0.25, -0.2) is 5.43 Å². The van der Waals surface area contributed by atoms with E-state index in [9.17, 15) is 4.79 Å². The summed E-state index contributed by atoms with van der Waals surface area (Å²) in [4.78, 5) is 10.9. The fourth-order valence-corrected chi connectivity index (χ4v) is 2.05. The summed E-state index contributed by atoms with van der Waals surface area (Å²) in [5.41, 5.74) is 3.61. The molecule has 2 rings (SSSR count). The molecule has 66 valence electrons. The smallest absolute Gasteiger partial charge is 0.245 e. The average Bonchev–Trinajstić information content (AvgIpc) is 2.54. The van der Waals surface area contributed by atoms with Gasteiger partial charge in [-0.15, -0.1) is 0 Å². The van der Waals surface area contributed by atoms with Crippen LogP contribution in [0.5, 0.6) is 0 Å². The molecule has 1 amide bonds. The number of amides is 1. The van der Waals surface area contributed by atoms with E-state index >= 15 is 0 Å². The van der Waals surface area contributed by atoms with Crippen molar-refractivity contribution in [2.45, 2.75) is 38.5 Å². The third-order valence-electron chi connectivity index (χ3n) is 2.74. The van der Waals surface area contributed by atoms with Gasteiger partial charge in [-0.05, 0) is 18.8 Å². The molecule has 0 atom stereocenters. The molecule has 1 aliphatic carbocycles. The predicted molar refractivity (Wildman–Crippen MR) is 46.8 cm³/mol. The first-order valence-electron chi connectivity index (χ1n) is 4.71. The molecule has 0 bridgehead atoms. The number of hydrogen-bond donors (Lipinski definition) is 1. The highest BCUT2D eigenvalue weighted by Crippen LogP contribution is 2.26. The van der Waals surface area contributed by atoms with Crippen molar-refractivity contribution in [3.63, 3.8) is 0 Å². The van der Waals surface area contributed by atoms with Crippen molar-refractivity contribution in [2.75, 3.05) is 0 Å². The Morgan fingerprint density at radius 3 is 2.58 bits per heavy atom. The average molecular weight is 166 g/mol. The van der Waals surface area contributed by atoms with E-state index in [0.717, 1.165) is 5.71 Å². The molecule has 0 saturated heterocycles. The Morgan fingerprint density at radius 1 is 1.25 bits per heavy atom. The topological polar surface area (TPSA) is 41.5 Å². The van der Waals surface area contributed by atoms with Crippen molar-refractivity contribution >= 4 is 11.6 Å². The van der Waals surface area contributed by atoms with Gasteiger partial charge in [0.15, 0.2) is 0 Å². The van der Waals surface area contributed by atoms with E-state index in [2.05, 4.69) is 10.5 Å². The molecule has 12 heavy (non-hydrogen) atoms. The predicted octanol–water partition coefficient (Wildman–Crippen LogP) is 1.44. The Kier molecular flexibility index (Phi) is 2.11. The fourth-order valence-electron chi connectivity index (χ4n) is 2.05. The Labute approximate surface area is 72.2 Å². The lowest BCUT2D eigenvalue weighted by Crippen LogP contribution is -2.17. The Bertz CT molecular complexity index is 217. The van der Waals surface area contributed by atoms with Gasteiger partial charge >= 0.3 is 0 Å². The molecule has 0 spiro atoms. The number of carbonyl (C=O) groups excluding carboxylic acids is 1. The zero-order chi connectivity index (χ0) is 8.39. The summed E-state index contributed by atoms with van der Waals surface area (Å²) in [5, 5.41) is 4.06. The van der Waals surface area contributed by atoms with Crippen LogP contribution in [0.15, 0.2) is 5.10 Å². The normalized spacial score (nSPS) is 25.3. The molecule has 1 aliphatic heterocycles. The zero-order valence-electron chi connectivity index (χ0n) is 7.18. The van der Waals surface area contributed by atoms with Crippen molar-refractivity contribution in [3.05, 3.63) is 0 Å². The zero-order valence-corrected chi connectivity index (χ0v) is 7.18. The van der Waals surface area contributed by atoms with Crippen LogP contribution in [-0.4, -0.2) is 11.6 Å². The molecule has 0 aromatic heterocycles. The number of nitrogens with zero attached hydrogens (tertiary/aromatic N) is 1. The minimum Gasteiger partial charge on any atom is -0.273 e. The van der Waals surface area contributed by atoms with Crippen molar-refractivity contribution < 1.29 is 4.79 Å². The lowest BCUT2D eigenvalue weighted by Gasteiger charge is -2.20. The van der Waals surface area contributed by atoms with Gasteiger partial charge in [-0.3, -0.25) is 4.79 Å². The highest BCUT2D eigenvalue weighted by atomic mass is 16.2. The molecule has 1 N–H and O–H groups in total. The van der Waals surface area contributed by atoms with E-state index in [1.807, 2.05) is 0 Å². The Balaban J connectivity index is 1.95. The maximum Gasteiger partial charge on any atom is 0.245 e. The summed E-state index contributed by atoms with van der Waals surface area (Å²) < 4.78 is 0. The van der Waals surface area contributed by atoms with Crippen LogP contribution in [0.25, 0.3) is 0 Å². The number of rotatable bonds is 1.